The summed E-state index contributed by atoms with van der Waals surface area (Å²) in [6, 6.07) is 6.24. The van der Waals surface area contributed by atoms with E-state index in [1.165, 1.54) is 12.1 Å². The molecule has 0 atom stereocenters. The largest absolute Gasteiger partial charge is 1.00 e. The molecule has 0 amide bonds. The Kier molecular flexibility index (Phi) is 5.99. The Bertz CT molecular complexity index is 396. The second kappa shape index (κ2) is 5.70. The molecule has 3 nitrogen and oxygen atoms in total. The van der Waals surface area contributed by atoms with Gasteiger partial charge in [0.25, 0.3) is 10.0 Å². The van der Waals surface area contributed by atoms with E-state index in [4.69, 9.17) is 23.6 Å². The Morgan fingerprint density at radius 3 is 2.00 bits per heavy atom. The number of hydrogen-bond donors (Lipinski definition) is 0. The van der Waals surface area contributed by atoms with Crippen LogP contribution in [0.3, 0.4) is 0 Å². The van der Waals surface area contributed by atoms with Crippen LogP contribution in [0.1, 0.15) is 6.99 Å². The molecule has 0 radical (unpaired) electrons. The van der Waals surface area contributed by atoms with E-state index in [2.05, 4.69) is 0 Å². The molecule has 74 valence electrons. The van der Waals surface area contributed by atoms with Gasteiger partial charge in [-0.15, -0.1) is 0 Å². The van der Waals surface area contributed by atoms with Crippen LogP contribution in [-0.4, -0.2) is 11.8 Å². The Hall–Kier alpha value is 0.710. The molecule has 0 fully saturated rings. The molecule has 0 aliphatic heterocycles. The molecular formula is C7H8Cl2NNaO2S. The summed E-state index contributed by atoms with van der Waals surface area (Å²) in [4.78, 5) is 0.0723. The first-order chi connectivity index (χ1) is 5.94. The summed E-state index contributed by atoms with van der Waals surface area (Å²) in [6.45, 7) is 1.86. The maximum Gasteiger partial charge on any atom is 1.00 e. The summed E-state index contributed by atoms with van der Waals surface area (Å²) < 4.78 is 22.8. The topological polar surface area (TPSA) is 37.4 Å². The Balaban J connectivity index is 0. The summed E-state index contributed by atoms with van der Waals surface area (Å²) >= 11 is 10.3. The van der Waals surface area contributed by atoms with Gasteiger partial charge in [0.2, 0.25) is 0 Å². The minimum absolute atomic E-state index is 0. The molecule has 0 spiro atoms. The zero-order valence-corrected chi connectivity index (χ0v) is 12.1. The average Bonchev–Trinajstić information content (AvgIpc) is 2.04. The molecule has 0 aromatic heterocycles. The third kappa shape index (κ3) is 3.38. The van der Waals surface area contributed by atoms with Crippen molar-refractivity contribution in [3.63, 3.8) is 0 Å². The molecule has 0 N–H and O–H groups in total. The third-order valence-electron chi connectivity index (χ3n) is 1.50. The molecule has 7 heteroatoms. The van der Waals surface area contributed by atoms with Crippen molar-refractivity contribution in [1.29, 1.82) is 0 Å². The van der Waals surface area contributed by atoms with Gasteiger partial charge in [-0.3, -0.25) is 0 Å². The van der Waals surface area contributed by atoms with E-state index < -0.39 is 10.0 Å². The van der Waals surface area contributed by atoms with Crippen LogP contribution >= 0.6 is 23.6 Å². The summed E-state index contributed by atoms with van der Waals surface area (Å²) in [5.41, 5.74) is 0.967. The molecule has 1 aromatic rings. The van der Waals surface area contributed by atoms with Gasteiger partial charge in [-0.1, -0.05) is 17.7 Å². The monoisotopic (exact) mass is 263 g/mol. The minimum atomic E-state index is -3.73. The Morgan fingerprint density at radius 1 is 1.21 bits per heavy atom. The molecule has 1 aromatic carbocycles. The average molecular weight is 264 g/mol. The van der Waals surface area contributed by atoms with E-state index in [-0.39, 0.29) is 39.2 Å². The molecular weight excluding hydrogens is 256 g/mol. The van der Waals surface area contributed by atoms with Crippen LogP contribution in [0, 0.1) is 6.92 Å². The van der Waals surface area contributed by atoms with Gasteiger partial charge in [0, 0.05) is 23.6 Å². The van der Waals surface area contributed by atoms with Gasteiger partial charge in [-0.25, -0.2) is 8.42 Å². The predicted molar refractivity (Wildman–Crippen MR) is 53.0 cm³/mol. The van der Waals surface area contributed by atoms with Crippen LogP contribution < -0.4 is 29.6 Å². The van der Waals surface area contributed by atoms with Crippen molar-refractivity contribution in [3.8, 4) is 0 Å². The fourth-order valence-electron chi connectivity index (χ4n) is 0.790. The molecule has 0 saturated heterocycles. The Morgan fingerprint density at radius 2 is 1.64 bits per heavy atom. The van der Waals surface area contributed by atoms with Crippen molar-refractivity contribution in [2.45, 2.75) is 11.8 Å². The second-order valence-corrected chi connectivity index (χ2v) is 5.53. The van der Waals surface area contributed by atoms with Crippen LogP contribution in [0.25, 0.3) is 0 Å². The van der Waals surface area contributed by atoms with Gasteiger partial charge in [0.1, 0.15) is 0 Å². The van der Waals surface area contributed by atoms with Gasteiger partial charge < -0.3 is 1.43 Å². The van der Waals surface area contributed by atoms with Crippen LogP contribution in [-0.2, 0) is 10.0 Å². The van der Waals surface area contributed by atoms with Crippen LogP contribution in [0.2, 0.25) is 0 Å². The van der Waals surface area contributed by atoms with Crippen molar-refractivity contribution in [3.05, 3.63) is 29.8 Å². The van der Waals surface area contributed by atoms with Crippen LogP contribution in [0.4, 0.5) is 0 Å². The second-order valence-electron chi connectivity index (χ2n) is 2.49. The summed E-state index contributed by atoms with van der Waals surface area (Å²) in [6.07, 6.45) is 0. The number of benzene rings is 1. The maximum absolute atomic E-state index is 11.3. The Labute approximate surface area is 117 Å². The van der Waals surface area contributed by atoms with Crippen molar-refractivity contribution >= 4 is 33.6 Å². The van der Waals surface area contributed by atoms with E-state index in [1.807, 2.05) is 6.92 Å². The van der Waals surface area contributed by atoms with Gasteiger partial charge in [-0.05, 0) is 22.4 Å². The van der Waals surface area contributed by atoms with Crippen molar-refractivity contribution in [2.75, 3.05) is 0 Å². The van der Waals surface area contributed by atoms with E-state index in [0.717, 1.165) is 5.56 Å². The fourth-order valence-corrected chi connectivity index (χ4v) is 1.91. The molecule has 0 aliphatic rings. The van der Waals surface area contributed by atoms with E-state index in [9.17, 15) is 8.42 Å². The van der Waals surface area contributed by atoms with Gasteiger partial charge >= 0.3 is 29.6 Å². The van der Waals surface area contributed by atoms with E-state index in [1.54, 1.807) is 12.1 Å². The number of aryl methyl sites for hydroxylation is 1. The number of hydrogen-bond acceptors (Lipinski definition) is 2. The van der Waals surface area contributed by atoms with Gasteiger partial charge in [0.15, 0.2) is 0 Å². The molecule has 14 heavy (non-hydrogen) atoms. The molecule has 0 aliphatic carbocycles. The number of rotatable bonds is 2. The number of sulfonamides is 1. The number of halogens is 2. The standard InChI is InChI=1S/C7H7Cl2NO2S.Na.H/c1-6-2-4-7(5-3-6)13(11,12)10(8)9;;/h2-5H,1H3;;/q;+1;-1. The first kappa shape index (κ1) is 14.7. The summed E-state index contributed by atoms with van der Waals surface area (Å²) in [5.74, 6) is 0. The minimum Gasteiger partial charge on any atom is -1.00 e. The van der Waals surface area contributed by atoms with Crippen LogP contribution in [0.15, 0.2) is 29.2 Å². The van der Waals surface area contributed by atoms with Crippen molar-refractivity contribution in [2.24, 2.45) is 0 Å². The van der Waals surface area contributed by atoms with Gasteiger partial charge in [-0.2, -0.15) is 0 Å². The quantitative estimate of drug-likeness (QED) is 0.529. The van der Waals surface area contributed by atoms with Crippen LogP contribution in [0.5, 0.6) is 0 Å². The maximum atomic E-state index is 11.3. The predicted octanol–water partition coefficient (Wildman–Crippen LogP) is -0.590. The van der Waals surface area contributed by atoms with Crippen molar-refractivity contribution < 1.29 is 39.4 Å². The first-order valence-corrected chi connectivity index (χ1v) is 5.50. The van der Waals surface area contributed by atoms with Crippen molar-refractivity contribution in [1.82, 2.24) is 3.34 Å². The summed E-state index contributed by atoms with van der Waals surface area (Å²) in [5, 5.41) is 0. The number of nitrogens with zero attached hydrogens (tertiary/aromatic N) is 1. The third-order valence-corrected chi connectivity index (χ3v) is 3.82. The normalized spacial score (nSPS) is 11.1. The fraction of sp³-hybridized carbons (Fsp3) is 0.143. The molecule has 0 bridgehead atoms. The zero-order chi connectivity index (χ0) is 10.1. The van der Waals surface area contributed by atoms with E-state index >= 15 is 0 Å². The molecule has 0 heterocycles. The van der Waals surface area contributed by atoms with E-state index in [0.29, 0.717) is 0 Å². The molecule has 0 unspecified atom stereocenters. The first-order valence-electron chi connectivity index (χ1n) is 3.38. The molecule has 0 saturated carbocycles. The smallest absolute Gasteiger partial charge is 1.00 e. The van der Waals surface area contributed by atoms with Gasteiger partial charge in [0.05, 0.1) is 4.90 Å². The SMILES string of the molecule is Cc1ccc(S(=O)(=O)N(Cl)Cl)cc1.[H-].[Na+]. The summed E-state index contributed by atoms with van der Waals surface area (Å²) in [7, 11) is -3.73. The molecule has 1 rings (SSSR count). The zero-order valence-electron chi connectivity index (χ0n) is 8.74.